The summed E-state index contributed by atoms with van der Waals surface area (Å²) in [5.74, 6) is -0.265. The summed E-state index contributed by atoms with van der Waals surface area (Å²) in [6, 6.07) is 19.0. The molecule has 0 saturated carbocycles. The number of carbonyl (C=O) groups is 1. The Bertz CT molecular complexity index is 1000. The van der Waals surface area contributed by atoms with Gasteiger partial charge in [0.15, 0.2) is 5.16 Å². The molecule has 1 amide bonds. The normalized spacial score (nSPS) is 10.6. The molecule has 138 valence electrons. The number of aromatic nitrogens is 2. The summed E-state index contributed by atoms with van der Waals surface area (Å²) in [5.41, 5.74) is 1.13. The zero-order valence-electron chi connectivity index (χ0n) is 15.0. The van der Waals surface area contributed by atoms with E-state index in [1.165, 1.54) is 22.4 Å². The third kappa shape index (κ3) is 5.02. The lowest BCUT2D eigenvalue weighted by Gasteiger charge is -2.13. The maximum Gasteiger partial charge on any atom is 0.254 e. The maximum absolute atomic E-state index is 12.6. The Balaban J connectivity index is 1.79. The lowest BCUT2D eigenvalue weighted by atomic mass is 10.3. The van der Waals surface area contributed by atoms with Gasteiger partial charge in [-0.1, -0.05) is 53.9 Å². The van der Waals surface area contributed by atoms with E-state index in [0.29, 0.717) is 10.9 Å². The molecule has 0 atom stereocenters. The van der Waals surface area contributed by atoms with Crippen LogP contribution in [-0.2, 0) is 11.3 Å². The van der Waals surface area contributed by atoms with Crippen molar-refractivity contribution in [2.75, 3.05) is 11.6 Å². The molecule has 27 heavy (non-hydrogen) atoms. The quantitative estimate of drug-likeness (QED) is 0.502. The molecule has 2 aromatic carbocycles. The third-order valence-corrected chi connectivity index (χ3v) is 5.48. The van der Waals surface area contributed by atoms with Crippen molar-refractivity contribution >= 4 is 35.1 Å². The molecule has 5 nitrogen and oxygen atoms in total. The predicted molar refractivity (Wildman–Crippen MR) is 111 cm³/mol. The number of anilines is 1. The van der Waals surface area contributed by atoms with E-state index in [1.54, 1.807) is 18.7 Å². The number of amides is 1. The highest BCUT2D eigenvalue weighted by Crippen LogP contribution is 2.33. The van der Waals surface area contributed by atoms with Crippen LogP contribution in [0.2, 0.25) is 0 Å². The third-order valence-electron chi connectivity index (χ3n) is 3.72. The van der Waals surface area contributed by atoms with Crippen LogP contribution in [0, 0.1) is 6.92 Å². The molecule has 1 heterocycles. The SMILES string of the molecule is CSc1nc(C)cc(=O)n1CC(=O)Nc1ccccc1Sc1ccccc1. The van der Waals surface area contributed by atoms with Gasteiger partial charge in [0.05, 0.1) is 5.69 Å². The first-order valence-electron chi connectivity index (χ1n) is 8.31. The second-order valence-electron chi connectivity index (χ2n) is 5.77. The molecule has 7 heteroatoms. The standard InChI is InChI=1S/C20H19N3O2S2/c1-14-12-19(25)23(20(21-14)26-2)13-18(24)22-16-10-6-7-11-17(16)27-15-8-4-3-5-9-15/h3-12H,13H2,1-2H3,(H,22,24). The average Bonchev–Trinajstić information content (AvgIpc) is 2.66. The topological polar surface area (TPSA) is 64.0 Å². The van der Waals surface area contributed by atoms with E-state index < -0.39 is 0 Å². The molecule has 0 aliphatic carbocycles. The van der Waals surface area contributed by atoms with E-state index in [9.17, 15) is 9.59 Å². The highest BCUT2D eigenvalue weighted by Gasteiger charge is 2.13. The lowest BCUT2D eigenvalue weighted by molar-refractivity contribution is -0.116. The van der Waals surface area contributed by atoms with E-state index in [-0.39, 0.29) is 18.0 Å². The monoisotopic (exact) mass is 397 g/mol. The van der Waals surface area contributed by atoms with Gasteiger partial charge in [-0.05, 0) is 37.4 Å². The molecule has 1 aromatic heterocycles. The van der Waals surface area contributed by atoms with Gasteiger partial charge < -0.3 is 5.32 Å². The number of para-hydroxylation sites is 1. The van der Waals surface area contributed by atoms with Gasteiger partial charge in [0.25, 0.3) is 5.56 Å². The summed E-state index contributed by atoms with van der Waals surface area (Å²) in [5, 5.41) is 3.45. The molecular weight excluding hydrogens is 378 g/mol. The molecule has 0 fully saturated rings. The minimum Gasteiger partial charge on any atom is -0.323 e. The number of hydrogen-bond donors (Lipinski definition) is 1. The van der Waals surface area contributed by atoms with Crippen LogP contribution in [0.1, 0.15) is 5.69 Å². The first-order chi connectivity index (χ1) is 13.1. The molecule has 0 aliphatic rings. The Labute approximate surface area is 166 Å². The largest absolute Gasteiger partial charge is 0.323 e. The summed E-state index contributed by atoms with van der Waals surface area (Å²) >= 11 is 2.92. The van der Waals surface area contributed by atoms with Crippen molar-refractivity contribution in [2.45, 2.75) is 28.4 Å². The summed E-state index contributed by atoms with van der Waals surface area (Å²) in [6.45, 7) is 1.69. The molecule has 0 aliphatic heterocycles. The zero-order chi connectivity index (χ0) is 19.2. The van der Waals surface area contributed by atoms with E-state index >= 15 is 0 Å². The Morgan fingerprint density at radius 1 is 1.11 bits per heavy atom. The van der Waals surface area contributed by atoms with Crippen molar-refractivity contribution in [1.82, 2.24) is 9.55 Å². The second-order valence-corrected chi connectivity index (χ2v) is 7.66. The number of nitrogens with zero attached hydrogens (tertiary/aromatic N) is 2. The molecule has 0 radical (unpaired) electrons. The van der Waals surface area contributed by atoms with E-state index in [1.807, 2.05) is 60.9 Å². The van der Waals surface area contributed by atoms with Crippen LogP contribution in [0.3, 0.4) is 0 Å². The van der Waals surface area contributed by atoms with Crippen molar-refractivity contribution in [3.05, 3.63) is 76.7 Å². The number of nitrogens with one attached hydrogen (secondary N) is 1. The molecule has 0 bridgehead atoms. The average molecular weight is 398 g/mol. The summed E-state index contributed by atoms with van der Waals surface area (Å²) in [6.07, 6.45) is 1.83. The summed E-state index contributed by atoms with van der Waals surface area (Å²) in [4.78, 5) is 31.2. The Kier molecular flexibility index (Phi) is 6.36. The summed E-state index contributed by atoms with van der Waals surface area (Å²) < 4.78 is 1.39. The number of aryl methyl sites for hydroxylation is 1. The van der Waals surface area contributed by atoms with Gasteiger partial charge >= 0.3 is 0 Å². The van der Waals surface area contributed by atoms with Gasteiger partial charge in [-0.15, -0.1) is 0 Å². The van der Waals surface area contributed by atoms with Crippen molar-refractivity contribution in [3.8, 4) is 0 Å². The zero-order valence-corrected chi connectivity index (χ0v) is 16.6. The smallest absolute Gasteiger partial charge is 0.254 e. The first kappa shape index (κ1) is 19.3. The van der Waals surface area contributed by atoms with Crippen molar-refractivity contribution in [3.63, 3.8) is 0 Å². The van der Waals surface area contributed by atoms with Crippen LogP contribution >= 0.6 is 23.5 Å². The molecule has 0 spiro atoms. The highest BCUT2D eigenvalue weighted by atomic mass is 32.2. The molecule has 1 N–H and O–H groups in total. The second kappa shape index (κ2) is 8.92. The first-order valence-corrected chi connectivity index (χ1v) is 10.3. The van der Waals surface area contributed by atoms with E-state index in [4.69, 9.17) is 0 Å². The fourth-order valence-electron chi connectivity index (χ4n) is 2.50. The van der Waals surface area contributed by atoms with Crippen LogP contribution in [-0.4, -0.2) is 21.7 Å². The predicted octanol–water partition coefficient (Wildman–Crippen LogP) is 4.06. The van der Waals surface area contributed by atoms with Crippen LogP contribution in [0.25, 0.3) is 0 Å². The number of thioether (sulfide) groups is 1. The number of benzene rings is 2. The lowest BCUT2D eigenvalue weighted by Crippen LogP contribution is -2.29. The molecular formula is C20H19N3O2S2. The van der Waals surface area contributed by atoms with Gasteiger partial charge in [-0.3, -0.25) is 14.2 Å². The minimum absolute atomic E-state index is 0.0768. The summed E-state index contributed by atoms with van der Waals surface area (Å²) in [7, 11) is 0. The van der Waals surface area contributed by atoms with Crippen LogP contribution < -0.4 is 10.9 Å². The Morgan fingerprint density at radius 3 is 2.56 bits per heavy atom. The molecule has 0 saturated heterocycles. The number of carbonyl (C=O) groups excluding carboxylic acids is 1. The van der Waals surface area contributed by atoms with E-state index in [2.05, 4.69) is 10.3 Å². The molecule has 0 unspecified atom stereocenters. The number of rotatable bonds is 6. The van der Waals surface area contributed by atoms with Crippen molar-refractivity contribution in [1.29, 1.82) is 0 Å². The van der Waals surface area contributed by atoms with Gasteiger partial charge in [0.1, 0.15) is 6.54 Å². The van der Waals surface area contributed by atoms with Gasteiger partial charge in [0.2, 0.25) is 5.91 Å². The van der Waals surface area contributed by atoms with Gasteiger partial charge in [-0.25, -0.2) is 4.98 Å². The molecule has 3 rings (SSSR count). The molecule has 3 aromatic rings. The highest BCUT2D eigenvalue weighted by molar-refractivity contribution is 7.99. The van der Waals surface area contributed by atoms with Gasteiger partial charge in [0, 0.05) is 21.6 Å². The maximum atomic E-state index is 12.6. The Morgan fingerprint density at radius 2 is 1.81 bits per heavy atom. The van der Waals surface area contributed by atoms with Gasteiger partial charge in [-0.2, -0.15) is 0 Å². The fourth-order valence-corrected chi connectivity index (χ4v) is 4.04. The Hall–Kier alpha value is -2.51. The van der Waals surface area contributed by atoms with Crippen molar-refractivity contribution in [2.24, 2.45) is 0 Å². The fraction of sp³-hybridized carbons (Fsp3) is 0.150. The van der Waals surface area contributed by atoms with Crippen LogP contribution in [0.4, 0.5) is 5.69 Å². The van der Waals surface area contributed by atoms with Crippen LogP contribution in [0.15, 0.2) is 80.4 Å². The minimum atomic E-state index is -0.265. The van der Waals surface area contributed by atoms with Crippen LogP contribution in [0.5, 0.6) is 0 Å². The van der Waals surface area contributed by atoms with Crippen molar-refractivity contribution < 1.29 is 4.79 Å². The van der Waals surface area contributed by atoms with E-state index in [0.717, 1.165) is 15.5 Å². The number of hydrogen-bond acceptors (Lipinski definition) is 5.